The fraction of sp³-hybridized carbons (Fsp3) is 0.529. The molecule has 7 nitrogen and oxygen atoms in total. The molecule has 0 spiro atoms. The van der Waals surface area contributed by atoms with Crippen LogP contribution < -0.4 is 4.74 Å². The monoisotopic (exact) mass is 340 g/mol. The molecule has 134 valence electrons. The van der Waals surface area contributed by atoms with Crippen LogP contribution in [0.5, 0.6) is 11.5 Å². The Hall–Kier alpha value is -1.64. The van der Waals surface area contributed by atoms with Crippen LogP contribution in [0.3, 0.4) is 0 Å². The quantitative estimate of drug-likeness (QED) is 0.482. The molecule has 0 unspecified atom stereocenters. The maximum absolute atomic E-state index is 10.0. The zero-order valence-corrected chi connectivity index (χ0v) is 13.7. The lowest BCUT2D eigenvalue weighted by Crippen LogP contribution is -2.60. The van der Waals surface area contributed by atoms with E-state index in [-0.39, 0.29) is 5.75 Å². The van der Waals surface area contributed by atoms with E-state index in [1.54, 1.807) is 6.07 Å². The van der Waals surface area contributed by atoms with Gasteiger partial charge in [0, 0.05) is 5.56 Å². The highest BCUT2D eigenvalue weighted by Gasteiger charge is 2.44. The molecular formula is C17H24O7. The van der Waals surface area contributed by atoms with Crippen molar-refractivity contribution in [2.75, 3.05) is 6.61 Å². The van der Waals surface area contributed by atoms with Crippen molar-refractivity contribution < 1.29 is 35.0 Å². The van der Waals surface area contributed by atoms with Crippen molar-refractivity contribution in [3.63, 3.8) is 0 Å². The third-order valence-corrected chi connectivity index (χ3v) is 3.87. The average molecular weight is 340 g/mol. The van der Waals surface area contributed by atoms with Crippen LogP contribution in [0.4, 0.5) is 0 Å². The van der Waals surface area contributed by atoms with Gasteiger partial charge in [-0.05, 0) is 38.5 Å². The largest absolute Gasteiger partial charge is 0.508 e. The fourth-order valence-electron chi connectivity index (χ4n) is 2.44. The molecule has 1 saturated heterocycles. The molecule has 0 bridgehead atoms. The minimum absolute atomic E-state index is 0.0771. The van der Waals surface area contributed by atoms with E-state index in [1.807, 2.05) is 19.9 Å². The van der Waals surface area contributed by atoms with Crippen molar-refractivity contribution in [2.45, 2.75) is 51.0 Å². The van der Waals surface area contributed by atoms with E-state index in [2.05, 4.69) is 0 Å². The minimum Gasteiger partial charge on any atom is -0.508 e. The third-order valence-electron chi connectivity index (χ3n) is 3.87. The molecule has 7 heteroatoms. The van der Waals surface area contributed by atoms with Gasteiger partial charge in [0.25, 0.3) is 0 Å². The number of aliphatic hydroxyl groups is 4. The van der Waals surface area contributed by atoms with E-state index < -0.39 is 37.3 Å². The summed E-state index contributed by atoms with van der Waals surface area (Å²) in [6.45, 7) is 3.37. The Morgan fingerprint density at radius 2 is 1.88 bits per heavy atom. The van der Waals surface area contributed by atoms with E-state index in [0.29, 0.717) is 17.7 Å². The molecule has 2 rings (SSSR count). The van der Waals surface area contributed by atoms with Crippen LogP contribution in [0.2, 0.25) is 0 Å². The number of allylic oxidation sites excluding steroid dienone is 2. The first kappa shape index (κ1) is 18.7. The topological polar surface area (TPSA) is 120 Å². The van der Waals surface area contributed by atoms with E-state index >= 15 is 0 Å². The van der Waals surface area contributed by atoms with Gasteiger partial charge in [-0.15, -0.1) is 0 Å². The zero-order chi connectivity index (χ0) is 17.9. The number of rotatable bonds is 5. The van der Waals surface area contributed by atoms with Crippen LogP contribution in [-0.2, 0) is 11.2 Å². The molecule has 1 aromatic carbocycles. The van der Waals surface area contributed by atoms with Gasteiger partial charge in [-0.2, -0.15) is 0 Å². The molecule has 5 N–H and O–H groups in total. The van der Waals surface area contributed by atoms with Gasteiger partial charge in [0.1, 0.15) is 35.9 Å². The Morgan fingerprint density at radius 1 is 1.17 bits per heavy atom. The lowest BCUT2D eigenvalue weighted by Gasteiger charge is -2.39. The first-order valence-corrected chi connectivity index (χ1v) is 7.76. The molecule has 1 aliphatic rings. The Kier molecular flexibility index (Phi) is 6.20. The van der Waals surface area contributed by atoms with Crippen molar-refractivity contribution >= 4 is 0 Å². The first-order valence-electron chi connectivity index (χ1n) is 7.76. The molecule has 5 atom stereocenters. The summed E-state index contributed by atoms with van der Waals surface area (Å²) in [5.74, 6) is 0.447. The Balaban J connectivity index is 2.21. The van der Waals surface area contributed by atoms with E-state index in [4.69, 9.17) is 9.47 Å². The standard InChI is InChI=1S/C17H24O7/c1-9(2)3-4-10-7-11(19)5-6-12(10)23-17-16(22)15(21)14(20)13(8-18)24-17/h3,5-7,13-22H,4,8H2,1-2H3/t13-,14-,15+,16-,17-/m1/s1. The number of phenols is 1. The summed E-state index contributed by atoms with van der Waals surface area (Å²) in [4.78, 5) is 0. The summed E-state index contributed by atoms with van der Waals surface area (Å²) in [7, 11) is 0. The summed E-state index contributed by atoms with van der Waals surface area (Å²) in [6.07, 6.45) is -4.25. The zero-order valence-electron chi connectivity index (χ0n) is 13.7. The maximum atomic E-state index is 10.0. The SMILES string of the molecule is CC(C)=CCc1cc(O)ccc1O[C@@H]1O[C@H](CO)[C@@H](O)[C@H](O)[C@H]1O. The van der Waals surface area contributed by atoms with Crippen molar-refractivity contribution in [2.24, 2.45) is 0 Å². The van der Waals surface area contributed by atoms with Gasteiger partial charge in [0.15, 0.2) is 0 Å². The van der Waals surface area contributed by atoms with Gasteiger partial charge < -0.3 is 35.0 Å². The van der Waals surface area contributed by atoms with E-state index in [0.717, 1.165) is 5.57 Å². The molecule has 1 heterocycles. The molecule has 1 aliphatic heterocycles. The van der Waals surface area contributed by atoms with Crippen LogP contribution in [0.1, 0.15) is 19.4 Å². The number of hydrogen-bond donors (Lipinski definition) is 5. The van der Waals surface area contributed by atoms with E-state index in [1.165, 1.54) is 12.1 Å². The molecule has 0 aliphatic carbocycles. The predicted octanol–water partition coefficient (Wildman–Crippen LogP) is 0.0796. The normalized spacial score (nSPS) is 30.0. The highest BCUT2D eigenvalue weighted by atomic mass is 16.7. The lowest BCUT2D eigenvalue weighted by atomic mass is 9.99. The van der Waals surface area contributed by atoms with Gasteiger partial charge in [0.2, 0.25) is 6.29 Å². The van der Waals surface area contributed by atoms with Crippen molar-refractivity contribution in [3.05, 3.63) is 35.4 Å². The van der Waals surface area contributed by atoms with Gasteiger partial charge >= 0.3 is 0 Å². The summed E-state index contributed by atoms with van der Waals surface area (Å²) < 4.78 is 11.0. The molecular weight excluding hydrogens is 316 g/mol. The molecule has 24 heavy (non-hydrogen) atoms. The molecule has 1 fully saturated rings. The van der Waals surface area contributed by atoms with Gasteiger partial charge in [-0.3, -0.25) is 0 Å². The Labute approximate surface area is 140 Å². The van der Waals surface area contributed by atoms with Crippen molar-refractivity contribution in [1.82, 2.24) is 0 Å². The summed E-state index contributed by atoms with van der Waals surface area (Å²) in [5.41, 5.74) is 1.77. The minimum atomic E-state index is -1.50. The number of ether oxygens (including phenoxy) is 2. The lowest BCUT2D eigenvalue weighted by molar-refractivity contribution is -0.277. The second-order valence-electron chi connectivity index (χ2n) is 6.09. The first-order chi connectivity index (χ1) is 11.3. The number of benzene rings is 1. The summed E-state index contributed by atoms with van der Waals surface area (Å²) in [5, 5.41) is 48.5. The second kappa shape index (κ2) is 7.96. The van der Waals surface area contributed by atoms with Crippen LogP contribution >= 0.6 is 0 Å². The highest BCUT2D eigenvalue weighted by Crippen LogP contribution is 2.29. The number of aliphatic hydroxyl groups excluding tert-OH is 4. The van der Waals surface area contributed by atoms with Crippen LogP contribution in [0.25, 0.3) is 0 Å². The van der Waals surface area contributed by atoms with Gasteiger partial charge in [0.05, 0.1) is 6.61 Å². The smallest absolute Gasteiger partial charge is 0.229 e. The molecule has 1 aromatic rings. The van der Waals surface area contributed by atoms with Crippen LogP contribution in [0, 0.1) is 0 Å². The van der Waals surface area contributed by atoms with Crippen LogP contribution in [0.15, 0.2) is 29.8 Å². The molecule has 0 radical (unpaired) electrons. The summed E-state index contributed by atoms with van der Waals surface area (Å²) in [6, 6.07) is 4.51. The van der Waals surface area contributed by atoms with Gasteiger partial charge in [-0.25, -0.2) is 0 Å². The molecule has 0 amide bonds. The summed E-state index contributed by atoms with van der Waals surface area (Å²) >= 11 is 0. The van der Waals surface area contributed by atoms with Crippen molar-refractivity contribution in [1.29, 1.82) is 0 Å². The van der Waals surface area contributed by atoms with Crippen molar-refractivity contribution in [3.8, 4) is 11.5 Å². The number of phenolic OH excluding ortho intramolecular Hbond substituents is 1. The molecule has 0 saturated carbocycles. The second-order valence-corrected chi connectivity index (χ2v) is 6.09. The molecule has 0 aromatic heterocycles. The fourth-order valence-corrected chi connectivity index (χ4v) is 2.44. The predicted molar refractivity (Wildman–Crippen MR) is 85.6 cm³/mol. The average Bonchev–Trinajstić information content (AvgIpc) is 2.55. The Bertz CT molecular complexity index is 580. The number of aromatic hydroxyl groups is 1. The van der Waals surface area contributed by atoms with E-state index in [9.17, 15) is 25.5 Å². The highest BCUT2D eigenvalue weighted by molar-refractivity contribution is 5.41. The maximum Gasteiger partial charge on any atom is 0.229 e. The van der Waals surface area contributed by atoms with Crippen LogP contribution in [-0.4, -0.2) is 62.8 Å². The Morgan fingerprint density at radius 3 is 2.50 bits per heavy atom. The third kappa shape index (κ3) is 4.25. The van der Waals surface area contributed by atoms with Gasteiger partial charge in [-0.1, -0.05) is 11.6 Å². The number of hydrogen-bond acceptors (Lipinski definition) is 7.